The van der Waals surface area contributed by atoms with Gasteiger partial charge in [-0.2, -0.15) is 0 Å². The summed E-state index contributed by atoms with van der Waals surface area (Å²) in [5.74, 6) is -0.0482. The van der Waals surface area contributed by atoms with Crippen LogP contribution < -0.4 is 20.3 Å². The van der Waals surface area contributed by atoms with E-state index in [0.29, 0.717) is 17.0 Å². The number of carbonyl (C=O) groups is 2. The first-order valence-corrected chi connectivity index (χ1v) is 9.34. The van der Waals surface area contributed by atoms with Gasteiger partial charge >= 0.3 is 0 Å². The van der Waals surface area contributed by atoms with Crippen LogP contribution in [-0.4, -0.2) is 31.5 Å². The van der Waals surface area contributed by atoms with Crippen LogP contribution in [0.25, 0.3) is 0 Å². The van der Waals surface area contributed by atoms with Crippen molar-refractivity contribution >= 4 is 28.9 Å². The molecule has 3 aromatic rings. The molecule has 3 aromatic carbocycles. The fraction of sp³-hybridized carbons (Fsp3) is 0.130. The number of hydrogen-bond donors (Lipinski definition) is 2. The molecule has 2 amide bonds. The Balaban J connectivity index is 1.48. The van der Waals surface area contributed by atoms with Crippen molar-refractivity contribution in [3.63, 3.8) is 0 Å². The Morgan fingerprint density at radius 2 is 1.72 bits per heavy atom. The number of benzene rings is 3. The number of para-hydroxylation sites is 3. The minimum atomic E-state index is -0.787. The number of hydrogen-bond acceptors (Lipinski definition) is 4. The van der Waals surface area contributed by atoms with Gasteiger partial charge in [-0.25, -0.2) is 0 Å². The first-order chi connectivity index (χ1) is 14.1. The minimum Gasteiger partial charge on any atom is -0.489 e. The van der Waals surface area contributed by atoms with Crippen molar-refractivity contribution in [1.82, 2.24) is 5.32 Å². The fourth-order valence-electron chi connectivity index (χ4n) is 3.17. The Morgan fingerprint density at radius 3 is 2.55 bits per heavy atom. The molecule has 1 unspecified atom stereocenters. The predicted octanol–water partition coefficient (Wildman–Crippen LogP) is 3.58. The van der Waals surface area contributed by atoms with E-state index in [9.17, 15) is 9.59 Å². The van der Waals surface area contributed by atoms with Gasteiger partial charge in [0.25, 0.3) is 11.8 Å². The molecular weight excluding hydrogens is 366 g/mol. The molecule has 1 heterocycles. The number of ether oxygens (including phenoxy) is 1. The standard InChI is InChI=1S/C23H21N3O3/c1-26(17-9-3-2-4-10-17)18-11-7-8-16(14-18)22(27)25-20-15-29-21-13-6-5-12-19(21)24-23(20)28/h2-14,20H,15H2,1H3,(H,24,28)(H,25,27). The summed E-state index contributed by atoms with van der Waals surface area (Å²) in [5.41, 5.74) is 2.96. The molecule has 0 saturated carbocycles. The number of amides is 2. The average Bonchev–Trinajstić information content (AvgIpc) is 2.92. The third kappa shape index (κ3) is 4.06. The van der Waals surface area contributed by atoms with Gasteiger partial charge in [0, 0.05) is 24.0 Å². The van der Waals surface area contributed by atoms with Gasteiger partial charge in [-0.05, 0) is 42.5 Å². The van der Waals surface area contributed by atoms with Crippen LogP contribution in [0, 0.1) is 0 Å². The largest absolute Gasteiger partial charge is 0.489 e. The molecule has 1 aliphatic rings. The van der Waals surface area contributed by atoms with Crippen molar-refractivity contribution in [1.29, 1.82) is 0 Å². The molecule has 1 atom stereocenters. The summed E-state index contributed by atoms with van der Waals surface area (Å²) >= 11 is 0. The van der Waals surface area contributed by atoms with E-state index in [1.54, 1.807) is 24.3 Å². The van der Waals surface area contributed by atoms with Crippen molar-refractivity contribution in [2.45, 2.75) is 6.04 Å². The second-order valence-electron chi connectivity index (χ2n) is 6.77. The van der Waals surface area contributed by atoms with E-state index in [1.807, 2.05) is 66.5 Å². The van der Waals surface area contributed by atoms with E-state index in [2.05, 4.69) is 10.6 Å². The van der Waals surface area contributed by atoms with E-state index in [0.717, 1.165) is 11.4 Å². The highest BCUT2D eigenvalue weighted by Gasteiger charge is 2.26. The summed E-state index contributed by atoms with van der Waals surface area (Å²) in [6.45, 7) is 0.0677. The molecule has 2 N–H and O–H groups in total. The van der Waals surface area contributed by atoms with Crippen LogP contribution in [0.3, 0.4) is 0 Å². The van der Waals surface area contributed by atoms with Gasteiger partial charge in [-0.3, -0.25) is 9.59 Å². The van der Waals surface area contributed by atoms with Crippen LogP contribution >= 0.6 is 0 Å². The zero-order chi connectivity index (χ0) is 20.2. The number of fused-ring (bicyclic) bond motifs is 1. The van der Waals surface area contributed by atoms with Crippen LogP contribution in [0.4, 0.5) is 17.1 Å². The van der Waals surface area contributed by atoms with Crippen LogP contribution in [0.5, 0.6) is 5.75 Å². The third-order valence-corrected chi connectivity index (χ3v) is 4.81. The number of anilines is 3. The quantitative estimate of drug-likeness (QED) is 0.718. The van der Waals surface area contributed by atoms with Crippen molar-refractivity contribution in [3.8, 4) is 5.75 Å². The predicted molar refractivity (Wildman–Crippen MR) is 113 cm³/mol. The van der Waals surface area contributed by atoms with Gasteiger partial charge in [0.1, 0.15) is 18.4 Å². The van der Waals surface area contributed by atoms with Crippen LogP contribution in [0.2, 0.25) is 0 Å². The second-order valence-corrected chi connectivity index (χ2v) is 6.77. The van der Waals surface area contributed by atoms with Crippen LogP contribution in [0.15, 0.2) is 78.9 Å². The number of carbonyl (C=O) groups excluding carboxylic acids is 2. The lowest BCUT2D eigenvalue weighted by atomic mass is 10.1. The number of rotatable bonds is 4. The summed E-state index contributed by atoms with van der Waals surface area (Å²) < 4.78 is 5.68. The van der Waals surface area contributed by atoms with E-state index in [1.165, 1.54) is 0 Å². The Kier molecular flexibility index (Phi) is 5.16. The van der Waals surface area contributed by atoms with Gasteiger partial charge in [-0.1, -0.05) is 36.4 Å². The van der Waals surface area contributed by atoms with Crippen molar-refractivity contribution in [3.05, 3.63) is 84.4 Å². The highest BCUT2D eigenvalue weighted by atomic mass is 16.5. The molecule has 0 aromatic heterocycles. The second kappa shape index (κ2) is 8.06. The van der Waals surface area contributed by atoms with E-state index in [4.69, 9.17) is 4.74 Å². The molecule has 4 rings (SSSR count). The molecule has 0 radical (unpaired) electrons. The highest BCUT2D eigenvalue weighted by molar-refractivity contribution is 6.02. The van der Waals surface area contributed by atoms with Crippen molar-refractivity contribution in [2.75, 3.05) is 23.9 Å². The Bertz CT molecular complexity index is 1040. The maximum atomic E-state index is 12.8. The number of nitrogens with zero attached hydrogens (tertiary/aromatic N) is 1. The lowest BCUT2D eigenvalue weighted by Crippen LogP contribution is -2.46. The lowest BCUT2D eigenvalue weighted by Gasteiger charge is -2.20. The van der Waals surface area contributed by atoms with Gasteiger partial charge in [-0.15, -0.1) is 0 Å². The van der Waals surface area contributed by atoms with Gasteiger partial charge in [0.2, 0.25) is 0 Å². The van der Waals surface area contributed by atoms with Gasteiger partial charge in [0.15, 0.2) is 0 Å². The fourth-order valence-corrected chi connectivity index (χ4v) is 3.17. The Labute approximate surface area is 169 Å². The Morgan fingerprint density at radius 1 is 1.00 bits per heavy atom. The summed E-state index contributed by atoms with van der Waals surface area (Å²) in [5, 5.41) is 5.56. The molecule has 0 aliphatic carbocycles. The van der Waals surface area contributed by atoms with Crippen LogP contribution in [0.1, 0.15) is 10.4 Å². The average molecular weight is 387 g/mol. The van der Waals surface area contributed by atoms with Gasteiger partial charge < -0.3 is 20.3 Å². The monoisotopic (exact) mass is 387 g/mol. The molecule has 29 heavy (non-hydrogen) atoms. The third-order valence-electron chi connectivity index (χ3n) is 4.81. The summed E-state index contributed by atoms with van der Waals surface area (Å²) in [4.78, 5) is 27.3. The SMILES string of the molecule is CN(c1ccccc1)c1cccc(C(=O)NC2COc3ccccc3NC2=O)c1. The summed E-state index contributed by atoms with van der Waals surface area (Å²) in [7, 11) is 1.94. The zero-order valence-corrected chi connectivity index (χ0v) is 16.0. The summed E-state index contributed by atoms with van der Waals surface area (Å²) in [6, 6.07) is 23.6. The van der Waals surface area contributed by atoms with Crippen LogP contribution in [-0.2, 0) is 4.79 Å². The maximum absolute atomic E-state index is 12.8. The lowest BCUT2D eigenvalue weighted by molar-refractivity contribution is -0.118. The molecule has 0 bridgehead atoms. The van der Waals surface area contributed by atoms with Crippen molar-refractivity contribution in [2.24, 2.45) is 0 Å². The highest BCUT2D eigenvalue weighted by Crippen LogP contribution is 2.26. The maximum Gasteiger partial charge on any atom is 0.252 e. The zero-order valence-electron chi connectivity index (χ0n) is 16.0. The molecule has 6 heteroatoms. The normalized spacial score (nSPS) is 15.3. The van der Waals surface area contributed by atoms with E-state index in [-0.39, 0.29) is 18.4 Å². The smallest absolute Gasteiger partial charge is 0.252 e. The molecule has 6 nitrogen and oxygen atoms in total. The molecule has 146 valence electrons. The topological polar surface area (TPSA) is 70.7 Å². The van der Waals surface area contributed by atoms with E-state index < -0.39 is 6.04 Å². The number of nitrogens with one attached hydrogen (secondary N) is 2. The molecule has 1 aliphatic heterocycles. The molecular formula is C23H21N3O3. The summed E-state index contributed by atoms with van der Waals surface area (Å²) in [6.07, 6.45) is 0. The molecule has 0 saturated heterocycles. The first kappa shape index (κ1) is 18.6. The van der Waals surface area contributed by atoms with E-state index >= 15 is 0 Å². The van der Waals surface area contributed by atoms with Crippen molar-refractivity contribution < 1.29 is 14.3 Å². The first-order valence-electron chi connectivity index (χ1n) is 9.34. The Hall–Kier alpha value is -3.80. The molecule has 0 spiro atoms. The minimum absolute atomic E-state index is 0.0677. The molecule has 0 fully saturated rings. The van der Waals surface area contributed by atoms with Gasteiger partial charge in [0.05, 0.1) is 5.69 Å².